The molecule has 0 aliphatic carbocycles. The monoisotopic (exact) mass is 879 g/mol. The van der Waals surface area contributed by atoms with Gasteiger partial charge in [-0.25, -0.2) is 4.57 Å². The molecule has 9 nitrogen and oxygen atoms in total. The van der Waals surface area contributed by atoms with E-state index >= 15 is 0 Å². The van der Waals surface area contributed by atoms with E-state index in [1.165, 1.54) is 77.0 Å². The summed E-state index contributed by atoms with van der Waals surface area (Å²) in [5, 5.41) is 0. The maximum Gasteiger partial charge on any atom is 0.472 e. The predicted octanol–water partition coefficient (Wildman–Crippen LogP) is 14.4. The van der Waals surface area contributed by atoms with E-state index in [4.69, 9.17) is 18.5 Å². The number of rotatable bonds is 44. The molecule has 0 aliphatic heterocycles. The number of unbranched alkanes of at least 4 members (excludes halogenated alkanes) is 20. The lowest BCUT2D eigenvalue weighted by atomic mass is 10.0. The van der Waals surface area contributed by atoms with Crippen LogP contribution in [-0.2, 0) is 32.7 Å². The van der Waals surface area contributed by atoms with Gasteiger partial charge < -0.3 is 18.9 Å². The van der Waals surface area contributed by atoms with Gasteiger partial charge >= 0.3 is 19.8 Å². The van der Waals surface area contributed by atoms with E-state index in [1.54, 1.807) is 0 Å². The van der Waals surface area contributed by atoms with Gasteiger partial charge in [0, 0.05) is 12.8 Å². The van der Waals surface area contributed by atoms with E-state index in [0.29, 0.717) is 17.4 Å². The Hall–Kier alpha value is -2.29. The van der Waals surface area contributed by atoms with Crippen molar-refractivity contribution in [1.29, 1.82) is 0 Å². The second kappa shape index (κ2) is 43.0. The van der Waals surface area contributed by atoms with Crippen molar-refractivity contribution in [2.75, 3.05) is 47.5 Å². The Morgan fingerprint density at radius 2 is 0.934 bits per heavy atom. The van der Waals surface area contributed by atoms with Crippen molar-refractivity contribution < 1.29 is 42.1 Å². The lowest BCUT2D eigenvalue weighted by molar-refractivity contribution is -0.870. The molecule has 0 saturated heterocycles. The van der Waals surface area contributed by atoms with Crippen molar-refractivity contribution in [3.63, 3.8) is 0 Å². The van der Waals surface area contributed by atoms with Crippen LogP contribution in [0.5, 0.6) is 0 Å². The maximum absolute atomic E-state index is 12.7. The number of hydrogen-bond acceptors (Lipinski definition) is 7. The summed E-state index contributed by atoms with van der Waals surface area (Å²) in [7, 11) is 1.46. The van der Waals surface area contributed by atoms with E-state index in [0.717, 1.165) is 89.9 Å². The normalized spacial score (nSPS) is 14.0. The molecule has 0 aromatic carbocycles. The molecule has 0 rings (SSSR count). The quantitative estimate of drug-likeness (QED) is 0.0212. The highest BCUT2D eigenvalue weighted by atomic mass is 31.2. The number of allylic oxidation sites excluding steroid dienone is 10. The van der Waals surface area contributed by atoms with Gasteiger partial charge in [-0.15, -0.1) is 0 Å². The molecule has 2 unspecified atom stereocenters. The van der Waals surface area contributed by atoms with Crippen LogP contribution in [0.2, 0.25) is 0 Å². The van der Waals surface area contributed by atoms with Crippen LogP contribution in [0.25, 0.3) is 0 Å². The third-order valence-electron chi connectivity index (χ3n) is 10.3. The average Bonchev–Trinajstić information content (AvgIpc) is 3.21. The van der Waals surface area contributed by atoms with Crippen molar-refractivity contribution in [2.24, 2.45) is 0 Å². The van der Waals surface area contributed by atoms with E-state index in [1.807, 2.05) is 21.1 Å². The van der Waals surface area contributed by atoms with Gasteiger partial charge in [-0.3, -0.25) is 18.6 Å². The number of nitrogens with zero attached hydrogens (tertiary/aromatic N) is 1. The van der Waals surface area contributed by atoms with E-state index in [-0.39, 0.29) is 32.0 Å². The van der Waals surface area contributed by atoms with Crippen LogP contribution in [0, 0.1) is 0 Å². The molecule has 0 spiro atoms. The van der Waals surface area contributed by atoms with Crippen LogP contribution >= 0.6 is 7.82 Å². The van der Waals surface area contributed by atoms with Crippen LogP contribution < -0.4 is 0 Å². The fourth-order valence-corrected chi connectivity index (χ4v) is 7.21. The molecule has 10 heteroatoms. The molecule has 0 aromatic heterocycles. The Labute approximate surface area is 375 Å². The van der Waals surface area contributed by atoms with Crippen LogP contribution in [-0.4, -0.2) is 74.9 Å². The SMILES string of the molecule is CC/C=C\C/C=C\C/C=C\C/C=C\CCCCCCCCCCCCC(=O)OC(COC(=O)CCCCCCC/C=C\CCCCCCC)COP(=O)(O)OCC[N+](C)(C)C. The third-order valence-corrected chi connectivity index (χ3v) is 11.3. The van der Waals surface area contributed by atoms with Crippen molar-refractivity contribution in [1.82, 2.24) is 0 Å². The lowest BCUT2D eigenvalue weighted by Gasteiger charge is -2.24. The molecule has 61 heavy (non-hydrogen) atoms. The number of hydrogen-bond donors (Lipinski definition) is 1. The molecule has 0 radical (unpaired) electrons. The Balaban J connectivity index is 4.27. The van der Waals surface area contributed by atoms with Crippen LogP contribution in [0.3, 0.4) is 0 Å². The number of quaternary nitrogens is 1. The summed E-state index contributed by atoms with van der Waals surface area (Å²) >= 11 is 0. The van der Waals surface area contributed by atoms with Crippen LogP contribution in [0.1, 0.15) is 200 Å². The zero-order chi connectivity index (χ0) is 45.0. The first kappa shape index (κ1) is 58.7. The van der Waals surface area contributed by atoms with E-state index < -0.39 is 26.5 Å². The van der Waals surface area contributed by atoms with E-state index in [9.17, 15) is 19.0 Å². The zero-order valence-electron chi connectivity index (χ0n) is 39.9. The minimum absolute atomic E-state index is 0.0276. The first-order valence-electron chi connectivity index (χ1n) is 24.5. The summed E-state index contributed by atoms with van der Waals surface area (Å²) in [4.78, 5) is 35.5. The summed E-state index contributed by atoms with van der Waals surface area (Å²) < 4.78 is 34.4. The first-order chi connectivity index (χ1) is 29.5. The number of phosphoric acid groups is 1. The highest BCUT2D eigenvalue weighted by Crippen LogP contribution is 2.43. The van der Waals surface area contributed by atoms with E-state index in [2.05, 4.69) is 74.6 Å². The maximum atomic E-state index is 12.7. The third kappa shape index (κ3) is 47.0. The summed E-state index contributed by atoms with van der Waals surface area (Å²) in [6, 6.07) is 0. The number of likely N-dealkylation sites (N-methyl/N-ethyl adjacent to an activating group) is 1. The molecule has 2 atom stereocenters. The average molecular weight is 879 g/mol. The highest BCUT2D eigenvalue weighted by molar-refractivity contribution is 7.47. The summed E-state index contributed by atoms with van der Waals surface area (Å²) in [6.45, 7) is 4.29. The van der Waals surface area contributed by atoms with Crippen molar-refractivity contribution >= 4 is 19.8 Å². The Morgan fingerprint density at radius 1 is 0.525 bits per heavy atom. The summed E-state index contributed by atoms with van der Waals surface area (Å²) in [6.07, 6.45) is 52.7. The molecule has 0 bridgehead atoms. The van der Waals surface area contributed by atoms with Crippen LogP contribution in [0.4, 0.5) is 0 Å². The molecular formula is C51H93NO8P+. The Bertz CT molecular complexity index is 1220. The standard InChI is InChI=1S/C51H92NO8P/c1-6-8-10-12-14-16-18-20-22-23-24-25-26-27-28-29-30-32-34-36-38-40-42-44-51(54)60-49(48-59-61(55,56)58-46-45-52(3,4)5)47-57-50(53)43-41-39-37-35-33-31-21-19-17-15-13-11-9-7-2/h8,10,14,16,19-22,24-25,49H,6-7,9,11-13,15,17-18,23,26-48H2,1-5H3/p+1/b10-8-,16-14-,21-19-,22-20-,25-24-. The topological polar surface area (TPSA) is 108 Å². The predicted molar refractivity (Wildman–Crippen MR) is 256 cm³/mol. The molecule has 0 amide bonds. The van der Waals surface area contributed by atoms with Gasteiger partial charge in [-0.05, 0) is 77.0 Å². The van der Waals surface area contributed by atoms with Crippen LogP contribution in [0.15, 0.2) is 60.8 Å². The molecular weight excluding hydrogens is 786 g/mol. The van der Waals surface area contributed by atoms with Gasteiger partial charge in [0.2, 0.25) is 0 Å². The van der Waals surface area contributed by atoms with Gasteiger partial charge in [0.15, 0.2) is 6.10 Å². The van der Waals surface area contributed by atoms with Crippen molar-refractivity contribution in [2.45, 2.75) is 206 Å². The number of esters is 2. The van der Waals surface area contributed by atoms with Gasteiger partial charge in [0.25, 0.3) is 0 Å². The fraction of sp³-hybridized carbons (Fsp3) is 0.765. The smallest absolute Gasteiger partial charge is 0.462 e. The molecule has 1 N–H and O–H groups in total. The fourth-order valence-electron chi connectivity index (χ4n) is 6.47. The number of ether oxygens (including phenoxy) is 2. The van der Waals surface area contributed by atoms with Crippen molar-refractivity contribution in [3.05, 3.63) is 60.8 Å². The molecule has 0 saturated carbocycles. The second-order valence-corrected chi connectivity index (χ2v) is 18.9. The minimum atomic E-state index is -4.38. The van der Waals surface area contributed by atoms with Gasteiger partial charge in [-0.2, -0.15) is 0 Å². The molecule has 0 aromatic rings. The van der Waals surface area contributed by atoms with Gasteiger partial charge in [0.05, 0.1) is 27.7 Å². The minimum Gasteiger partial charge on any atom is -0.462 e. The molecule has 0 fully saturated rings. The number of carbonyl (C=O) groups is 2. The van der Waals surface area contributed by atoms with Gasteiger partial charge in [0.1, 0.15) is 19.8 Å². The second-order valence-electron chi connectivity index (χ2n) is 17.5. The summed E-state index contributed by atoms with van der Waals surface area (Å²) in [5.41, 5.74) is 0. The summed E-state index contributed by atoms with van der Waals surface area (Å²) in [5.74, 6) is -0.813. The zero-order valence-corrected chi connectivity index (χ0v) is 40.8. The van der Waals surface area contributed by atoms with Crippen molar-refractivity contribution in [3.8, 4) is 0 Å². The number of phosphoric ester groups is 1. The highest BCUT2D eigenvalue weighted by Gasteiger charge is 2.27. The number of carbonyl (C=O) groups excluding carboxylic acids is 2. The largest absolute Gasteiger partial charge is 0.472 e. The molecule has 354 valence electrons. The molecule has 0 aliphatic rings. The van der Waals surface area contributed by atoms with Gasteiger partial charge in [-0.1, -0.05) is 171 Å². The Morgan fingerprint density at radius 3 is 1.41 bits per heavy atom. The molecule has 0 heterocycles. The Kier molecular flexibility index (Phi) is 41.4. The lowest BCUT2D eigenvalue weighted by Crippen LogP contribution is -2.37. The first-order valence-corrected chi connectivity index (χ1v) is 26.0.